The molecule has 2 heterocycles. The third kappa shape index (κ3) is 2.87. The number of aromatic nitrogens is 2. The lowest BCUT2D eigenvalue weighted by molar-refractivity contribution is 0.326. The summed E-state index contributed by atoms with van der Waals surface area (Å²) in [7, 11) is 0. The third-order valence-corrected chi connectivity index (χ3v) is 4.33. The number of rotatable bonds is 5. The number of nitrogen functional groups attached to an aromatic ring is 1. The van der Waals surface area contributed by atoms with Crippen LogP contribution in [0.1, 0.15) is 44.0 Å². The first-order chi connectivity index (χ1) is 9.67. The van der Waals surface area contributed by atoms with Crippen LogP contribution in [0.5, 0.6) is 0 Å². The Kier molecular flexibility index (Phi) is 3.78. The van der Waals surface area contributed by atoms with Gasteiger partial charge in [0, 0.05) is 37.2 Å². The molecule has 5 nitrogen and oxygen atoms in total. The Morgan fingerprint density at radius 3 is 2.80 bits per heavy atom. The molecular formula is C15H25N5. The standard InChI is InChI=1S/C15H25N5/c1-3-4-13-18-14(16)10(2)15(19-13)17-11-7-8-20(9-11)12-5-6-12/h11-12H,3-9H2,1-2H3,(H3,16,17,18,19). The van der Waals surface area contributed by atoms with Crippen LogP contribution in [0.2, 0.25) is 0 Å². The number of nitrogens with two attached hydrogens (primary N) is 1. The molecule has 0 bridgehead atoms. The number of anilines is 2. The van der Waals surface area contributed by atoms with E-state index in [1.54, 1.807) is 0 Å². The van der Waals surface area contributed by atoms with Gasteiger partial charge in [0.15, 0.2) is 0 Å². The highest BCUT2D eigenvalue weighted by atomic mass is 15.2. The molecule has 1 aromatic rings. The Morgan fingerprint density at radius 1 is 1.30 bits per heavy atom. The Labute approximate surface area is 121 Å². The summed E-state index contributed by atoms with van der Waals surface area (Å²) in [5.41, 5.74) is 6.99. The molecule has 1 unspecified atom stereocenters. The highest BCUT2D eigenvalue weighted by Crippen LogP contribution is 2.31. The summed E-state index contributed by atoms with van der Waals surface area (Å²) in [6.07, 6.45) is 5.89. The molecule has 0 radical (unpaired) electrons. The van der Waals surface area contributed by atoms with Gasteiger partial charge in [-0.3, -0.25) is 4.90 Å². The van der Waals surface area contributed by atoms with E-state index in [0.29, 0.717) is 11.9 Å². The van der Waals surface area contributed by atoms with Gasteiger partial charge in [0.2, 0.25) is 0 Å². The van der Waals surface area contributed by atoms with E-state index in [2.05, 4.69) is 27.1 Å². The Morgan fingerprint density at radius 2 is 2.10 bits per heavy atom. The van der Waals surface area contributed by atoms with Crippen LogP contribution in [0.15, 0.2) is 0 Å². The second-order valence-corrected chi connectivity index (χ2v) is 6.10. The molecule has 2 aliphatic rings. The van der Waals surface area contributed by atoms with Crippen molar-refractivity contribution in [2.24, 2.45) is 0 Å². The molecule has 3 rings (SSSR count). The molecule has 0 amide bonds. The van der Waals surface area contributed by atoms with E-state index < -0.39 is 0 Å². The van der Waals surface area contributed by atoms with Crippen LogP contribution < -0.4 is 11.1 Å². The number of nitrogens with zero attached hydrogens (tertiary/aromatic N) is 3. The average Bonchev–Trinajstić information content (AvgIpc) is 3.17. The van der Waals surface area contributed by atoms with Gasteiger partial charge < -0.3 is 11.1 Å². The predicted octanol–water partition coefficient (Wildman–Crippen LogP) is 1.97. The van der Waals surface area contributed by atoms with Gasteiger partial charge in [0.25, 0.3) is 0 Å². The summed E-state index contributed by atoms with van der Waals surface area (Å²) >= 11 is 0. The molecule has 0 spiro atoms. The smallest absolute Gasteiger partial charge is 0.135 e. The van der Waals surface area contributed by atoms with Gasteiger partial charge >= 0.3 is 0 Å². The quantitative estimate of drug-likeness (QED) is 0.860. The molecule has 3 N–H and O–H groups in total. The van der Waals surface area contributed by atoms with Gasteiger partial charge in [-0.15, -0.1) is 0 Å². The number of hydrogen-bond acceptors (Lipinski definition) is 5. The lowest BCUT2D eigenvalue weighted by atomic mass is 10.2. The van der Waals surface area contributed by atoms with Crippen molar-refractivity contribution >= 4 is 11.6 Å². The Balaban J connectivity index is 1.69. The van der Waals surface area contributed by atoms with Crippen molar-refractivity contribution in [1.82, 2.24) is 14.9 Å². The topological polar surface area (TPSA) is 67.1 Å². The first-order valence-corrected chi connectivity index (χ1v) is 7.81. The van der Waals surface area contributed by atoms with E-state index in [9.17, 15) is 0 Å². The van der Waals surface area contributed by atoms with E-state index >= 15 is 0 Å². The van der Waals surface area contributed by atoms with Crippen LogP contribution in [0.4, 0.5) is 11.6 Å². The second kappa shape index (κ2) is 5.56. The second-order valence-electron chi connectivity index (χ2n) is 6.10. The van der Waals surface area contributed by atoms with Gasteiger partial charge in [0.05, 0.1) is 0 Å². The zero-order valence-electron chi connectivity index (χ0n) is 12.5. The molecule has 5 heteroatoms. The molecule has 1 aliphatic heterocycles. The van der Waals surface area contributed by atoms with Crippen molar-refractivity contribution in [3.8, 4) is 0 Å². The summed E-state index contributed by atoms with van der Waals surface area (Å²) in [6.45, 7) is 6.49. The number of hydrogen-bond donors (Lipinski definition) is 2. The SMILES string of the molecule is CCCc1nc(N)c(C)c(NC2CCN(C3CC3)C2)n1. The summed E-state index contributed by atoms with van der Waals surface area (Å²) in [5.74, 6) is 2.40. The molecule has 1 aromatic heterocycles. The minimum atomic E-state index is 0.498. The van der Waals surface area contributed by atoms with Gasteiger partial charge in [-0.05, 0) is 32.6 Å². The highest BCUT2D eigenvalue weighted by Gasteiger charge is 2.34. The van der Waals surface area contributed by atoms with Crippen LogP contribution in [0.3, 0.4) is 0 Å². The van der Waals surface area contributed by atoms with Crippen LogP contribution >= 0.6 is 0 Å². The summed E-state index contributed by atoms with van der Waals surface area (Å²) < 4.78 is 0. The van der Waals surface area contributed by atoms with Gasteiger partial charge in [-0.25, -0.2) is 9.97 Å². The van der Waals surface area contributed by atoms with E-state index in [-0.39, 0.29) is 0 Å². The van der Waals surface area contributed by atoms with Crippen molar-refractivity contribution in [3.05, 3.63) is 11.4 Å². The fourth-order valence-electron chi connectivity index (χ4n) is 2.93. The van der Waals surface area contributed by atoms with Crippen LogP contribution in [0, 0.1) is 6.92 Å². The maximum Gasteiger partial charge on any atom is 0.135 e. The monoisotopic (exact) mass is 275 g/mol. The van der Waals surface area contributed by atoms with Crippen molar-refractivity contribution in [1.29, 1.82) is 0 Å². The molecule has 110 valence electrons. The zero-order valence-corrected chi connectivity index (χ0v) is 12.5. The van der Waals surface area contributed by atoms with Crippen molar-refractivity contribution < 1.29 is 0 Å². The van der Waals surface area contributed by atoms with Crippen molar-refractivity contribution in [2.75, 3.05) is 24.1 Å². The van der Waals surface area contributed by atoms with Crippen molar-refractivity contribution in [3.63, 3.8) is 0 Å². The predicted molar refractivity (Wildman–Crippen MR) is 81.8 cm³/mol. The van der Waals surface area contributed by atoms with E-state index in [0.717, 1.165) is 42.6 Å². The fraction of sp³-hybridized carbons (Fsp3) is 0.733. The molecule has 2 fully saturated rings. The zero-order chi connectivity index (χ0) is 14.1. The largest absolute Gasteiger partial charge is 0.383 e. The Bertz CT molecular complexity index is 483. The summed E-state index contributed by atoms with van der Waals surface area (Å²) in [6, 6.07) is 1.35. The first-order valence-electron chi connectivity index (χ1n) is 7.81. The molecule has 1 saturated heterocycles. The normalized spacial score (nSPS) is 23.2. The maximum absolute atomic E-state index is 6.01. The molecule has 1 saturated carbocycles. The Hall–Kier alpha value is -1.36. The van der Waals surface area contributed by atoms with Crippen LogP contribution in [-0.2, 0) is 6.42 Å². The fourth-order valence-corrected chi connectivity index (χ4v) is 2.93. The molecule has 1 atom stereocenters. The molecule has 1 aliphatic carbocycles. The number of likely N-dealkylation sites (tertiary alicyclic amines) is 1. The maximum atomic E-state index is 6.01. The average molecular weight is 275 g/mol. The minimum Gasteiger partial charge on any atom is -0.383 e. The molecule has 20 heavy (non-hydrogen) atoms. The highest BCUT2D eigenvalue weighted by molar-refractivity contribution is 5.55. The van der Waals surface area contributed by atoms with E-state index in [4.69, 9.17) is 5.73 Å². The number of aryl methyl sites for hydroxylation is 1. The van der Waals surface area contributed by atoms with Crippen molar-refractivity contribution in [2.45, 2.75) is 58.0 Å². The van der Waals surface area contributed by atoms with Gasteiger partial charge in [0.1, 0.15) is 17.5 Å². The first kappa shape index (κ1) is 13.6. The van der Waals surface area contributed by atoms with Crippen LogP contribution in [-0.4, -0.2) is 40.0 Å². The van der Waals surface area contributed by atoms with Gasteiger partial charge in [-0.1, -0.05) is 6.92 Å². The lowest BCUT2D eigenvalue weighted by Gasteiger charge is -2.18. The minimum absolute atomic E-state index is 0.498. The summed E-state index contributed by atoms with van der Waals surface area (Å²) in [5, 5.41) is 3.59. The third-order valence-electron chi connectivity index (χ3n) is 4.33. The van der Waals surface area contributed by atoms with Gasteiger partial charge in [-0.2, -0.15) is 0 Å². The molecular weight excluding hydrogens is 250 g/mol. The van der Waals surface area contributed by atoms with Crippen LogP contribution in [0.25, 0.3) is 0 Å². The lowest BCUT2D eigenvalue weighted by Crippen LogP contribution is -2.28. The number of nitrogens with one attached hydrogen (secondary N) is 1. The summed E-state index contributed by atoms with van der Waals surface area (Å²) in [4.78, 5) is 11.6. The van der Waals surface area contributed by atoms with E-state index in [1.807, 2.05) is 6.92 Å². The van der Waals surface area contributed by atoms with E-state index in [1.165, 1.54) is 25.8 Å². The molecule has 0 aromatic carbocycles.